The van der Waals surface area contributed by atoms with Crippen molar-refractivity contribution in [3.63, 3.8) is 0 Å². The Hall–Kier alpha value is 1.38. The molecule has 2 aliphatic carbocycles. The summed E-state index contributed by atoms with van der Waals surface area (Å²) in [7, 11) is 0.312. The Kier molecular flexibility index (Phi) is 16.8. The van der Waals surface area contributed by atoms with Crippen LogP contribution in [-0.4, -0.2) is 31.9 Å². The molecule has 0 amide bonds. The van der Waals surface area contributed by atoms with Gasteiger partial charge in [0, 0.05) is 0 Å². The molecule has 190 valence electrons. The molecule has 0 spiro atoms. The van der Waals surface area contributed by atoms with Crippen LogP contribution in [0.3, 0.4) is 0 Å². The van der Waals surface area contributed by atoms with E-state index in [0.29, 0.717) is 20.6 Å². The molecule has 0 aliphatic heterocycles. The Bertz CT molecular complexity index is 375. The topological polar surface area (TPSA) is 0 Å². The molecule has 2 aliphatic rings. The molecule has 2 fully saturated rings. The Morgan fingerprint density at radius 1 is 0.419 bits per heavy atom. The zero-order chi connectivity index (χ0) is 22.0. The maximum absolute atomic E-state index is 2.45. The average Bonchev–Trinajstić information content (AvgIpc) is 3.06. The van der Waals surface area contributed by atoms with Crippen molar-refractivity contribution >= 4 is 15.8 Å². The van der Waals surface area contributed by atoms with Gasteiger partial charge in [-0.2, -0.15) is 0 Å². The fourth-order valence-electron chi connectivity index (χ4n) is 6.53. The van der Waals surface area contributed by atoms with E-state index in [9.17, 15) is 0 Å². The second kappa shape index (κ2) is 14.1. The van der Waals surface area contributed by atoms with E-state index in [1.165, 1.54) is 51.4 Å². The van der Waals surface area contributed by atoms with Gasteiger partial charge in [-0.05, 0) is 57.6 Å². The van der Waals surface area contributed by atoms with E-state index in [1.54, 1.807) is 0 Å². The van der Waals surface area contributed by atoms with Crippen molar-refractivity contribution in [3.05, 3.63) is 14.9 Å². The molecule has 2 saturated carbocycles. The minimum atomic E-state index is 0. The van der Waals surface area contributed by atoms with Crippen molar-refractivity contribution in [2.75, 3.05) is 0 Å². The maximum Gasteiger partial charge on any atom is 2.00 e. The summed E-state index contributed by atoms with van der Waals surface area (Å²) in [5.74, 6) is 0. The monoisotopic (exact) mass is 514 g/mol. The van der Waals surface area contributed by atoms with Gasteiger partial charge in [-0.1, -0.05) is 125 Å². The SMILES string of the molecule is CC(C)(C)P(C1CCCC1)C(C)(C)C.CC(C)(C)P(C1CCCC1)C(C)(C)C.[CH3-].[CH3-].[Fe+2]. The molecule has 0 aromatic carbocycles. The van der Waals surface area contributed by atoms with Gasteiger partial charge in [-0.3, -0.25) is 0 Å². The Labute approximate surface area is 213 Å². The Morgan fingerprint density at radius 2 is 0.581 bits per heavy atom. The molecule has 0 radical (unpaired) electrons. The van der Waals surface area contributed by atoms with E-state index in [2.05, 4.69) is 83.1 Å². The quantitative estimate of drug-likeness (QED) is 0.195. The van der Waals surface area contributed by atoms with E-state index in [0.717, 1.165) is 11.3 Å². The number of hydrogen-bond acceptors (Lipinski definition) is 0. The zero-order valence-electron chi connectivity index (χ0n) is 24.1. The van der Waals surface area contributed by atoms with Crippen LogP contribution in [0.4, 0.5) is 0 Å². The van der Waals surface area contributed by atoms with E-state index in [1.807, 2.05) is 0 Å². The fraction of sp³-hybridized carbons (Fsp3) is 0.929. The van der Waals surface area contributed by atoms with Crippen LogP contribution >= 0.6 is 15.8 Å². The van der Waals surface area contributed by atoms with Crippen molar-refractivity contribution < 1.29 is 17.1 Å². The summed E-state index contributed by atoms with van der Waals surface area (Å²) in [4.78, 5) is 0. The molecule has 3 heteroatoms. The first-order valence-corrected chi connectivity index (χ1v) is 14.9. The van der Waals surface area contributed by atoms with Gasteiger partial charge in [0.1, 0.15) is 0 Å². The summed E-state index contributed by atoms with van der Waals surface area (Å²) < 4.78 is 0. The van der Waals surface area contributed by atoms with Crippen molar-refractivity contribution in [1.29, 1.82) is 0 Å². The minimum absolute atomic E-state index is 0. The standard InChI is InChI=1S/2C13H27P.2CH3.Fe/c2*1-12(2,3)14(13(4,5)6)11-9-7-8-10-11;;;/h2*11H,7-10H2,1-6H3;2*1H3;/q;;2*-1;+2. The van der Waals surface area contributed by atoms with Crippen molar-refractivity contribution in [3.8, 4) is 0 Å². The first kappa shape index (κ1) is 36.9. The number of rotatable bonds is 2. The van der Waals surface area contributed by atoms with Crippen LogP contribution in [0.5, 0.6) is 0 Å². The van der Waals surface area contributed by atoms with Crippen molar-refractivity contribution in [2.24, 2.45) is 0 Å². The zero-order valence-corrected chi connectivity index (χ0v) is 27.0. The molecular formula is C28H60FeP2. The first-order chi connectivity index (χ1) is 12.5. The minimum Gasteiger partial charge on any atom is -0.358 e. The second-order valence-electron chi connectivity index (χ2n) is 13.3. The number of hydrogen-bond donors (Lipinski definition) is 0. The largest absolute Gasteiger partial charge is 2.00 e. The molecule has 0 aromatic rings. The van der Waals surface area contributed by atoms with Crippen LogP contribution in [0.15, 0.2) is 0 Å². The molecule has 2 rings (SSSR count). The summed E-state index contributed by atoms with van der Waals surface area (Å²) in [5.41, 5.74) is 2.09. The molecule has 0 saturated heterocycles. The van der Waals surface area contributed by atoms with Gasteiger partial charge in [0.05, 0.1) is 0 Å². The van der Waals surface area contributed by atoms with Crippen molar-refractivity contribution in [2.45, 2.75) is 166 Å². The summed E-state index contributed by atoms with van der Waals surface area (Å²) >= 11 is 0. The second-order valence-corrected chi connectivity index (χ2v) is 21.6. The van der Waals surface area contributed by atoms with Gasteiger partial charge in [-0.15, -0.1) is 0 Å². The smallest absolute Gasteiger partial charge is 0.358 e. The third-order valence-corrected chi connectivity index (χ3v) is 14.5. The van der Waals surface area contributed by atoms with E-state index in [4.69, 9.17) is 0 Å². The molecule has 0 aromatic heterocycles. The maximum atomic E-state index is 2.45. The summed E-state index contributed by atoms with van der Waals surface area (Å²) in [6, 6.07) is 0. The van der Waals surface area contributed by atoms with Gasteiger partial charge in [0.25, 0.3) is 0 Å². The first-order valence-electron chi connectivity index (χ1n) is 12.0. The van der Waals surface area contributed by atoms with Crippen molar-refractivity contribution in [1.82, 2.24) is 0 Å². The van der Waals surface area contributed by atoms with Gasteiger partial charge in [0.15, 0.2) is 0 Å². The molecule has 31 heavy (non-hydrogen) atoms. The van der Waals surface area contributed by atoms with E-state index in [-0.39, 0.29) is 47.8 Å². The van der Waals surface area contributed by atoms with E-state index < -0.39 is 0 Å². The predicted molar refractivity (Wildman–Crippen MR) is 150 cm³/mol. The average molecular weight is 515 g/mol. The van der Waals surface area contributed by atoms with Crippen LogP contribution in [0.25, 0.3) is 0 Å². The molecular weight excluding hydrogens is 454 g/mol. The molecule has 0 heterocycles. The Balaban J connectivity index is -0.000000461. The predicted octanol–water partition coefficient (Wildman–Crippen LogP) is 10.9. The van der Waals surface area contributed by atoms with Gasteiger partial charge in [0.2, 0.25) is 0 Å². The molecule has 0 N–H and O–H groups in total. The molecule has 0 atom stereocenters. The van der Waals surface area contributed by atoms with Crippen LogP contribution in [0.2, 0.25) is 0 Å². The molecule has 0 unspecified atom stereocenters. The van der Waals surface area contributed by atoms with Crippen LogP contribution in [0.1, 0.15) is 134 Å². The summed E-state index contributed by atoms with van der Waals surface area (Å²) in [6.07, 6.45) is 11.9. The van der Waals surface area contributed by atoms with Gasteiger partial charge >= 0.3 is 17.1 Å². The third-order valence-electron chi connectivity index (χ3n) is 6.27. The van der Waals surface area contributed by atoms with Crippen LogP contribution < -0.4 is 0 Å². The van der Waals surface area contributed by atoms with Crippen LogP contribution in [0, 0.1) is 14.9 Å². The normalized spacial score (nSPS) is 18.8. The fourth-order valence-corrected chi connectivity index (χ4v) is 16.7. The van der Waals surface area contributed by atoms with Crippen LogP contribution in [-0.2, 0) is 17.1 Å². The summed E-state index contributed by atoms with van der Waals surface area (Å²) in [6.45, 7) is 29.4. The molecule has 0 nitrogen and oxygen atoms in total. The van der Waals surface area contributed by atoms with E-state index >= 15 is 0 Å². The van der Waals surface area contributed by atoms with Gasteiger partial charge in [-0.25, -0.2) is 0 Å². The van der Waals surface area contributed by atoms with Gasteiger partial charge < -0.3 is 14.9 Å². The summed E-state index contributed by atoms with van der Waals surface area (Å²) in [5, 5.41) is 2.12. The third kappa shape index (κ3) is 12.1. The molecule has 0 bridgehead atoms. The Morgan fingerprint density at radius 3 is 0.710 bits per heavy atom.